The molecule has 0 amide bonds. The number of hydrogen-bond acceptors (Lipinski definition) is 4. The van der Waals surface area contributed by atoms with Crippen LogP contribution in [0.4, 0.5) is 0 Å². The summed E-state index contributed by atoms with van der Waals surface area (Å²) in [5.74, 6) is 0.915. The number of rotatable bonds is 4. The van der Waals surface area contributed by atoms with E-state index in [9.17, 15) is 0 Å². The first-order chi connectivity index (χ1) is 10.1. The molecule has 1 saturated heterocycles. The van der Waals surface area contributed by atoms with E-state index in [1.165, 1.54) is 0 Å². The maximum Gasteiger partial charge on any atom is 0.117 e. The molecule has 4 nitrogen and oxygen atoms in total. The van der Waals surface area contributed by atoms with Gasteiger partial charge in [-0.3, -0.25) is 15.5 Å². The lowest BCUT2D eigenvalue weighted by molar-refractivity contribution is 0.197. The second-order valence-corrected chi connectivity index (χ2v) is 5.96. The van der Waals surface area contributed by atoms with Crippen molar-refractivity contribution in [3.8, 4) is 0 Å². The van der Waals surface area contributed by atoms with Crippen molar-refractivity contribution in [2.24, 2.45) is 0 Å². The maximum atomic E-state index is 6.31. The summed E-state index contributed by atoms with van der Waals surface area (Å²) in [4.78, 5) is 2.22. The fourth-order valence-corrected chi connectivity index (χ4v) is 3.15. The average Bonchev–Trinajstić information content (AvgIpc) is 3.07. The quantitative estimate of drug-likeness (QED) is 0.689. The van der Waals surface area contributed by atoms with Gasteiger partial charge in [0, 0.05) is 16.6 Å². The third-order valence-corrected chi connectivity index (χ3v) is 4.34. The third-order valence-electron chi connectivity index (χ3n) is 3.77. The molecule has 120 valence electrons. The molecule has 22 heavy (non-hydrogen) atoms. The van der Waals surface area contributed by atoms with Crippen LogP contribution in [0, 0.1) is 0 Å². The van der Waals surface area contributed by atoms with Crippen LogP contribution in [-0.2, 0) is 6.54 Å². The van der Waals surface area contributed by atoms with Gasteiger partial charge in [0.2, 0.25) is 0 Å². The highest BCUT2D eigenvalue weighted by Crippen LogP contribution is 2.31. The normalized spacial score (nSPS) is 21.8. The number of benzene rings is 1. The summed E-state index contributed by atoms with van der Waals surface area (Å²) < 4.78 is 5.33. The predicted molar refractivity (Wildman–Crippen MR) is 99.7 cm³/mol. The van der Waals surface area contributed by atoms with Crippen LogP contribution in [0.25, 0.3) is 0 Å². The van der Waals surface area contributed by atoms with Gasteiger partial charge in [0.1, 0.15) is 12.0 Å². The Balaban J connectivity index is 0.00000176. The van der Waals surface area contributed by atoms with Crippen LogP contribution in [0.15, 0.2) is 41.0 Å². The molecule has 0 bridgehead atoms. The van der Waals surface area contributed by atoms with Crippen LogP contribution in [0.3, 0.4) is 0 Å². The van der Waals surface area contributed by atoms with Gasteiger partial charge in [0.15, 0.2) is 0 Å². The zero-order valence-electron chi connectivity index (χ0n) is 12.1. The van der Waals surface area contributed by atoms with Gasteiger partial charge in [-0.15, -0.1) is 24.0 Å². The largest absolute Gasteiger partial charge is 0.468 e. The lowest BCUT2D eigenvalue weighted by Crippen LogP contribution is -2.45. The fourth-order valence-electron chi connectivity index (χ4n) is 2.62. The maximum absolute atomic E-state index is 6.31. The molecule has 2 atom stereocenters. The van der Waals surface area contributed by atoms with Gasteiger partial charge in [-0.1, -0.05) is 29.3 Å². The monoisotopic (exact) mass is 453 g/mol. The Morgan fingerprint density at radius 3 is 2.86 bits per heavy atom. The minimum Gasteiger partial charge on any atom is -0.468 e. The molecule has 1 aliphatic rings. The minimum absolute atomic E-state index is 0. The molecule has 2 aromatic rings. The van der Waals surface area contributed by atoms with Crippen molar-refractivity contribution in [1.29, 1.82) is 0 Å². The van der Waals surface area contributed by atoms with Gasteiger partial charge >= 0.3 is 0 Å². The predicted octanol–water partition coefficient (Wildman–Crippen LogP) is 3.85. The molecule has 0 aliphatic carbocycles. The second kappa shape index (κ2) is 7.99. The Labute approximate surface area is 157 Å². The summed E-state index contributed by atoms with van der Waals surface area (Å²) >= 11 is 12.3. The zero-order valence-corrected chi connectivity index (χ0v) is 15.9. The molecule has 1 aromatic carbocycles. The molecule has 2 heterocycles. The summed E-state index contributed by atoms with van der Waals surface area (Å²) in [5.41, 5.74) is 1.08. The second-order valence-electron chi connectivity index (χ2n) is 5.12. The van der Waals surface area contributed by atoms with Crippen LogP contribution in [0.2, 0.25) is 10.0 Å². The van der Waals surface area contributed by atoms with Crippen molar-refractivity contribution in [3.63, 3.8) is 0 Å². The summed E-state index contributed by atoms with van der Waals surface area (Å²) in [6.07, 6.45) is 1.76. The molecule has 1 fully saturated rings. The molecule has 1 aromatic heterocycles. The SMILES string of the molecule is CN1C(NCc2ccco2)NCC1c1ccc(Cl)cc1Cl.I. The Bertz CT molecular complexity index is 609. The van der Waals surface area contributed by atoms with E-state index in [0.717, 1.165) is 17.9 Å². The van der Waals surface area contributed by atoms with Crippen molar-refractivity contribution < 1.29 is 4.42 Å². The summed E-state index contributed by atoms with van der Waals surface area (Å²) in [6.45, 7) is 1.50. The molecule has 2 N–H and O–H groups in total. The first-order valence-corrected chi connectivity index (χ1v) is 7.57. The molecule has 3 rings (SSSR count). The van der Waals surface area contributed by atoms with Gasteiger partial charge < -0.3 is 4.42 Å². The Kier molecular flexibility index (Phi) is 6.55. The molecule has 0 saturated carbocycles. The van der Waals surface area contributed by atoms with Crippen LogP contribution >= 0.6 is 47.2 Å². The lowest BCUT2D eigenvalue weighted by atomic mass is 10.1. The van der Waals surface area contributed by atoms with E-state index in [4.69, 9.17) is 27.6 Å². The zero-order chi connectivity index (χ0) is 14.8. The van der Waals surface area contributed by atoms with E-state index in [-0.39, 0.29) is 36.3 Å². The van der Waals surface area contributed by atoms with Crippen LogP contribution in [-0.4, -0.2) is 24.8 Å². The standard InChI is InChI=1S/C15H17Cl2N3O.HI/c1-20-14(12-5-4-10(16)7-13(12)17)9-19-15(20)18-8-11-3-2-6-21-11;/h2-7,14-15,18-19H,8-9H2,1H3;1H. The number of furan rings is 1. The molecule has 7 heteroatoms. The van der Waals surface area contributed by atoms with E-state index in [1.807, 2.05) is 24.3 Å². The Hall–Kier alpha value is -0.310. The number of nitrogens with one attached hydrogen (secondary N) is 2. The van der Waals surface area contributed by atoms with Gasteiger partial charge in [0.05, 0.1) is 18.8 Å². The summed E-state index contributed by atoms with van der Waals surface area (Å²) in [6, 6.07) is 9.71. The number of nitrogens with zero attached hydrogens (tertiary/aromatic N) is 1. The van der Waals surface area contributed by atoms with E-state index in [2.05, 4.69) is 22.6 Å². The van der Waals surface area contributed by atoms with E-state index < -0.39 is 0 Å². The van der Waals surface area contributed by atoms with Gasteiger partial charge in [-0.05, 0) is 36.9 Å². The molecule has 1 aliphatic heterocycles. The molecule has 0 radical (unpaired) electrons. The van der Waals surface area contributed by atoms with Crippen LogP contribution in [0.1, 0.15) is 17.4 Å². The van der Waals surface area contributed by atoms with Crippen LogP contribution in [0.5, 0.6) is 0 Å². The number of likely N-dealkylation sites (N-methyl/N-ethyl adjacent to an activating group) is 1. The molecule has 0 spiro atoms. The number of hydrogen-bond donors (Lipinski definition) is 2. The third kappa shape index (κ3) is 3.96. The highest BCUT2D eigenvalue weighted by molar-refractivity contribution is 14.0. The summed E-state index contributed by atoms with van der Waals surface area (Å²) in [5, 5.41) is 8.22. The molecule has 2 unspecified atom stereocenters. The van der Waals surface area contributed by atoms with Crippen molar-refractivity contribution in [3.05, 3.63) is 58.0 Å². The highest BCUT2D eigenvalue weighted by atomic mass is 127. The van der Waals surface area contributed by atoms with Gasteiger partial charge in [0.25, 0.3) is 0 Å². The van der Waals surface area contributed by atoms with Gasteiger partial charge in [-0.25, -0.2) is 0 Å². The van der Waals surface area contributed by atoms with Crippen LogP contribution < -0.4 is 10.6 Å². The first-order valence-electron chi connectivity index (χ1n) is 6.81. The Morgan fingerprint density at radius 2 is 2.18 bits per heavy atom. The van der Waals surface area contributed by atoms with E-state index in [1.54, 1.807) is 12.3 Å². The smallest absolute Gasteiger partial charge is 0.117 e. The summed E-state index contributed by atoms with van der Waals surface area (Å²) in [7, 11) is 2.06. The van der Waals surface area contributed by atoms with Crippen molar-refractivity contribution in [2.45, 2.75) is 18.9 Å². The Morgan fingerprint density at radius 1 is 1.36 bits per heavy atom. The van der Waals surface area contributed by atoms with Crippen molar-refractivity contribution in [1.82, 2.24) is 15.5 Å². The lowest BCUT2D eigenvalue weighted by Gasteiger charge is -2.26. The fraction of sp³-hybridized carbons (Fsp3) is 0.333. The van der Waals surface area contributed by atoms with E-state index >= 15 is 0 Å². The molecular weight excluding hydrogens is 436 g/mol. The molecular formula is C15H18Cl2IN3O. The minimum atomic E-state index is 0. The van der Waals surface area contributed by atoms with Gasteiger partial charge in [-0.2, -0.15) is 0 Å². The average molecular weight is 454 g/mol. The topological polar surface area (TPSA) is 40.4 Å². The first kappa shape index (κ1) is 18.0. The highest BCUT2D eigenvalue weighted by Gasteiger charge is 2.31. The van der Waals surface area contributed by atoms with E-state index in [0.29, 0.717) is 16.6 Å². The van der Waals surface area contributed by atoms with Crippen molar-refractivity contribution in [2.75, 3.05) is 13.6 Å². The van der Waals surface area contributed by atoms with Crippen molar-refractivity contribution >= 4 is 47.2 Å². The number of halogens is 3.